The lowest BCUT2D eigenvalue weighted by atomic mass is 10.2. The van der Waals surface area contributed by atoms with E-state index >= 15 is 0 Å². The second kappa shape index (κ2) is 8.49. The Morgan fingerprint density at radius 2 is 1.94 bits per heavy atom. The van der Waals surface area contributed by atoms with Crippen LogP contribution in [0.1, 0.15) is 16.1 Å². The van der Waals surface area contributed by atoms with Crippen molar-refractivity contribution in [3.05, 3.63) is 61.8 Å². The van der Waals surface area contributed by atoms with Gasteiger partial charge in [-0.2, -0.15) is 5.10 Å². The highest BCUT2D eigenvalue weighted by Crippen LogP contribution is 2.30. The molecule has 0 bridgehead atoms. The number of carbonyl (C=O) groups excluding carboxylic acids is 1. The van der Waals surface area contributed by atoms with Crippen LogP contribution in [0.4, 0.5) is 5.82 Å². The third kappa shape index (κ3) is 4.26. The van der Waals surface area contributed by atoms with Crippen LogP contribution >= 0.6 is 34.7 Å². The number of carbonyl (C=O) groups is 1. The van der Waals surface area contributed by atoms with Gasteiger partial charge in [0.2, 0.25) is 5.91 Å². The number of rotatable bonds is 5. The fourth-order valence-corrected chi connectivity index (χ4v) is 5.24. The number of aromatic nitrogens is 4. The van der Waals surface area contributed by atoms with Crippen LogP contribution in [-0.2, 0) is 11.8 Å². The normalized spacial score (nSPS) is 11.3. The molecule has 0 unspecified atom stereocenters. The Morgan fingerprint density at radius 1 is 1.23 bits per heavy atom. The number of aryl methyl sites for hydroxylation is 4. The highest BCUT2D eigenvalue weighted by atomic mass is 35.5. The third-order valence-electron chi connectivity index (χ3n) is 4.86. The smallest absolute Gasteiger partial charge is 0.267 e. The standard InChI is InChI=1S/C21H20ClN5O2S2/c1-11-9-16(26(4)25-11)23-17(28)10-30-21-24-19-18(12(2)13(3)31-19)20(29)27(21)15-7-5-14(22)6-8-15/h5-9H,10H2,1-4H3,(H,23,28). The quantitative estimate of drug-likeness (QED) is 0.341. The number of amides is 1. The molecule has 0 radical (unpaired) electrons. The van der Waals surface area contributed by atoms with E-state index < -0.39 is 0 Å². The molecule has 3 heterocycles. The Kier molecular flexibility index (Phi) is 5.92. The number of anilines is 1. The zero-order chi connectivity index (χ0) is 22.3. The maximum atomic E-state index is 13.4. The molecule has 0 spiro atoms. The van der Waals surface area contributed by atoms with Crippen LogP contribution in [0.15, 0.2) is 40.3 Å². The van der Waals surface area contributed by atoms with Crippen LogP contribution in [0.2, 0.25) is 5.02 Å². The molecule has 4 rings (SSSR count). The van der Waals surface area contributed by atoms with Crippen LogP contribution in [0.3, 0.4) is 0 Å². The molecule has 0 atom stereocenters. The van der Waals surface area contributed by atoms with Crippen LogP contribution in [0.25, 0.3) is 15.9 Å². The van der Waals surface area contributed by atoms with Crippen molar-refractivity contribution in [2.75, 3.05) is 11.1 Å². The van der Waals surface area contributed by atoms with Crippen molar-refractivity contribution in [1.29, 1.82) is 0 Å². The number of thioether (sulfide) groups is 1. The molecule has 1 amide bonds. The number of nitrogens with one attached hydrogen (secondary N) is 1. The van der Waals surface area contributed by atoms with Gasteiger partial charge in [-0.15, -0.1) is 11.3 Å². The Balaban J connectivity index is 1.71. The van der Waals surface area contributed by atoms with Gasteiger partial charge >= 0.3 is 0 Å². The first-order chi connectivity index (χ1) is 14.7. The van der Waals surface area contributed by atoms with E-state index in [0.29, 0.717) is 31.9 Å². The summed E-state index contributed by atoms with van der Waals surface area (Å²) in [6, 6.07) is 8.80. The first-order valence-corrected chi connectivity index (χ1v) is 11.6. The van der Waals surface area contributed by atoms with Gasteiger partial charge in [0, 0.05) is 23.0 Å². The second-order valence-corrected chi connectivity index (χ2v) is 9.69. The molecule has 7 nitrogen and oxygen atoms in total. The molecule has 1 aromatic carbocycles. The van der Waals surface area contributed by atoms with Crippen LogP contribution in [-0.4, -0.2) is 31.0 Å². The summed E-state index contributed by atoms with van der Waals surface area (Å²) in [4.78, 5) is 32.4. The average molecular weight is 474 g/mol. The summed E-state index contributed by atoms with van der Waals surface area (Å²) in [7, 11) is 1.77. The summed E-state index contributed by atoms with van der Waals surface area (Å²) in [5, 5.41) is 8.71. The lowest BCUT2D eigenvalue weighted by molar-refractivity contribution is -0.113. The Bertz CT molecular complexity index is 1360. The molecular formula is C21H20ClN5O2S2. The summed E-state index contributed by atoms with van der Waals surface area (Å²) in [5.41, 5.74) is 2.25. The topological polar surface area (TPSA) is 81.8 Å². The largest absolute Gasteiger partial charge is 0.310 e. The highest BCUT2D eigenvalue weighted by Gasteiger charge is 2.19. The third-order valence-corrected chi connectivity index (χ3v) is 7.15. The molecule has 0 aliphatic heterocycles. The van der Waals surface area contributed by atoms with E-state index in [1.54, 1.807) is 46.6 Å². The maximum absolute atomic E-state index is 13.4. The minimum atomic E-state index is -0.205. The van der Waals surface area contributed by atoms with Gasteiger partial charge in [0.15, 0.2) is 5.16 Å². The fourth-order valence-electron chi connectivity index (χ4n) is 3.23. The zero-order valence-corrected chi connectivity index (χ0v) is 19.8. The summed E-state index contributed by atoms with van der Waals surface area (Å²) < 4.78 is 3.16. The lowest BCUT2D eigenvalue weighted by Gasteiger charge is -2.12. The molecular weight excluding hydrogens is 454 g/mol. The van der Waals surface area contributed by atoms with Gasteiger partial charge < -0.3 is 5.32 Å². The van der Waals surface area contributed by atoms with Crippen molar-refractivity contribution in [1.82, 2.24) is 19.3 Å². The van der Waals surface area contributed by atoms with Gasteiger partial charge in [-0.25, -0.2) is 4.98 Å². The number of halogens is 1. The molecule has 160 valence electrons. The Morgan fingerprint density at radius 3 is 2.58 bits per heavy atom. The fraction of sp³-hybridized carbons (Fsp3) is 0.238. The van der Waals surface area contributed by atoms with Crippen LogP contribution < -0.4 is 10.9 Å². The predicted octanol–water partition coefficient (Wildman–Crippen LogP) is 4.49. The maximum Gasteiger partial charge on any atom is 0.267 e. The molecule has 0 aliphatic rings. The predicted molar refractivity (Wildman–Crippen MR) is 127 cm³/mol. The van der Waals surface area contributed by atoms with Gasteiger partial charge in [-0.1, -0.05) is 23.4 Å². The summed E-state index contributed by atoms with van der Waals surface area (Å²) in [6.07, 6.45) is 0. The number of hydrogen-bond donors (Lipinski definition) is 1. The van der Waals surface area contributed by atoms with Crippen molar-refractivity contribution in [2.45, 2.75) is 25.9 Å². The van der Waals surface area contributed by atoms with E-state index in [1.807, 2.05) is 20.8 Å². The summed E-state index contributed by atoms with van der Waals surface area (Å²) >= 11 is 8.73. The Hall–Kier alpha value is -2.62. The summed E-state index contributed by atoms with van der Waals surface area (Å²) in [6.45, 7) is 5.77. The minimum absolute atomic E-state index is 0.0963. The molecule has 0 aliphatic carbocycles. The van der Waals surface area contributed by atoms with Gasteiger partial charge in [0.1, 0.15) is 10.6 Å². The second-order valence-electron chi connectivity index (χ2n) is 7.11. The number of fused-ring (bicyclic) bond motifs is 1. The molecule has 0 fully saturated rings. The minimum Gasteiger partial charge on any atom is -0.310 e. The number of thiophene rings is 1. The summed E-state index contributed by atoms with van der Waals surface area (Å²) in [5.74, 6) is 0.508. The van der Waals surface area contributed by atoms with Gasteiger partial charge in [0.05, 0.1) is 22.5 Å². The van der Waals surface area contributed by atoms with Gasteiger partial charge in [0.25, 0.3) is 5.56 Å². The molecule has 10 heteroatoms. The molecule has 3 aromatic heterocycles. The lowest BCUT2D eigenvalue weighted by Crippen LogP contribution is -2.23. The average Bonchev–Trinajstić information content (AvgIpc) is 3.18. The van der Waals surface area contributed by atoms with E-state index in [9.17, 15) is 9.59 Å². The van der Waals surface area contributed by atoms with Crippen LogP contribution in [0, 0.1) is 20.8 Å². The first kappa shape index (κ1) is 21.6. The SMILES string of the molecule is Cc1cc(NC(=O)CSc2nc3sc(C)c(C)c3c(=O)n2-c2ccc(Cl)cc2)n(C)n1. The van der Waals surface area contributed by atoms with E-state index in [2.05, 4.69) is 10.4 Å². The molecule has 0 saturated heterocycles. The highest BCUT2D eigenvalue weighted by molar-refractivity contribution is 7.99. The van der Waals surface area contributed by atoms with Gasteiger partial charge in [-0.3, -0.25) is 18.8 Å². The monoisotopic (exact) mass is 473 g/mol. The van der Waals surface area contributed by atoms with Crippen molar-refractivity contribution in [2.24, 2.45) is 7.05 Å². The van der Waals surface area contributed by atoms with Crippen molar-refractivity contribution in [3.8, 4) is 5.69 Å². The van der Waals surface area contributed by atoms with Gasteiger partial charge in [-0.05, 0) is 50.6 Å². The zero-order valence-electron chi connectivity index (χ0n) is 17.4. The van der Waals surface area contributed by atoms with Crippen LogP contribution in [0.5, 0.6) is 0 Å². The van der Waals surface area contributed by atoms with E-state index in [1.165, 1.54) is 23.1 Å². The number of hydrogen-bond acceptors (Lipinski definition) is 6. The van der Waals surface area contributed by atoms with Crippen molar-refractivity contribution >= 4 is 56.6 Å². The molecule has 0 saturated carbocycles. The van der Waals surface area contributed by atoms with Crippen molar-refractivity contribution < 1.29 is 4.79 Å². The van der Waals surface area contributed by atoms with Crippen molar-refractivity contribution in [3.63, 3.8) is 0 Å². The number of nitrogens with zero attached hydrogens (tertiary/aromatic N) is 4. The molecule has 1 N–H and O–H groups in total. The Labute approximate surface area is 192 Å². The van der Waals surface area contributed by atoms with E-state index in [0.717, 1.165) is 16.1 Å². The molecule has 4 aromatic rings. The molecule has 31 heavy (non-hydrogen) atoms. The van der Waals surface area contributed by atoms with E-state index in [4.69, 9.17) is 16.6 Å². The van der Waals surface area contributed by atoms with E-state index in [-0.39, 0.29) is 17.2 Å². The number of benzene rings is 1. The first-order valence-electron chi connectivity index (χ1n) is 9.46.